The highest BCUT2D eigenvalue weighted by atomic mass is 16.5. The first-order chi connectivity index (χ1) is 12.8. The van der Waals surface area contributed by atoms with E-state index in [-0.39, 0.29) is 0 Å². The van der Waals surface area contributed by atoms with Gasteiger partial charge in [-0.1, -0.05) is 12.1 Å². The highest BCUT2D eigenvalue weighted by molar-refractivity contribution is 6.11. The Kier molecular flexibility index (Phi) is 4.55. The van der Waals surface area contributed by atoms with E-state index in [0.29, 0.717) is 5.92 Å². The average molecular weight is 352 g/mol. The molecule has 1 aliphatic heterocycles. The molecule has 1 aliphatic rings. The summed E-state index contributed by atoms with van der Waals surface area (Å²) in [6.45, 7) is 2.02. The van der Waals surface area contributed by atoms with E-state index in [1.165, 1.54) is 0 Å². The monoisotopic (exact) mass is 352 g/mol. The van der Waals surface area contributed by atoms with Gasteiger partial charge in [0.25, 0.3) is 0 Å². The molecular weight excluding hydrogens is 328 g/mol. The van der Waals surface area contributed by atoms with Gasteiger partial charge >= 0.3 is 0 Å². The van der Waals surface area contributed by atoms with Gasteiger partial charge in [-0.25, -0.2) is 4.98 Å². The van der Waals surface area contributed by atoms with Gasteiger partial charge in [-0.05, 0) is 38.1 Å². The quantitative estimate of drug-likeness (QED) is 0.722. The standard InChI is InChI=1S/C21H24N2O3/c1-24-14-11-16-15-5-4-6-17(25-2)21(15)23-20(13-7-9-22-10-8-13)19(16)18(12-14)26-3/h4-6,11-13,22H,7-10H2,1-3H3. The molecule has 1 fully saturated rings. The van der Waals surface area contributed by atoms with Crippen LogP contribution in [0.1, 0.15) is 24.5 Å². The van der Waals surface area contributed by atoms with Crippen LogP contribution in [0.3, 0.4) is 0 Å². The fraction of sp³-hybridized carbons (Fsp3) is 0.381. The second-order valence-electron chi connectivity index (χ2n) is 6.63. The van der Waals surface area contributed by atoms with E-state index in [9.17, 15) is 0 Å². The van der Waals surface area contributed by atoms with E-state index in [1.807, 2.05) is 18.2 Å². The summed E-state index contributed by atoms with van der Waals surface area (Å²) in [5, 5.41) is 6.67. The van der Waals surface area contributed by atoms with E-state index in [0.717, 1.165) is 70.5 Å². The van der Waals surface area contributed by atoms with Crippen LogP contribution in [0.15, 0.2) is 30.3 Å². The number of piperidine rings is 1. The Morgan fingerprint density at radius 3 is 2.38 bits per heavy atom. The molecule has 0 saturated carbocycles. The van der Waals surface area contributed by atoms with Crippen molar-refractivity contribution < 1.29 is 14.2 Å². The van der Waals surface area contributed by atoms with Crippen LogP contribution < -0.4 is 19.5 Å². The molecule has 1 saturated heterocycles. The molecule has 5 nitrogen and oxygen atoms in total. The lowest BCUT2D eigenvalue weighted by Crippen LogP contribution is -2.27. The zero-order valence-corrected chi connectivity index (χ0v) is 15.5. The molecule has 4 rings (SSSR count). The van der Waals surface area contributed by atoms with Gasteiger partial charge in [0.15, 0.2) is 0 Å². The summed E-state index contributed by atoms with van der Waals surface area (Å²) in [6, 6.07) is 10.1. The maximum Gasteiger partial charge on any atom is 0.145 e. The molecule has 0 radical (unpaired) electrons. The van der Waals surface area contributed by atoms with Gasteiger partial charge < -0.3 is 19.5 Å². The van der Waals surface area contributed by atoms with Crippen LogP contribution in [-0.2, 0) is 0 Å². The van der Waals surface area contributed by atoms with Crippen molar-refractivity contribution in [3.8, 4) is 17.2 Å². The van der Waals surface area contributed by atoms with Crippen LogP contribution in [0.4, 0.5) is 0 Å². The number of hydrogen-bond donors (Lipinski definition) is 1. The highest BCUT2D eigenvalue weighted by Crippen LogP contribution is 2.42. The number of rotatable bonds is 4. The summed E-state index contributed by atoms with van der Waals surface area (Å²) < 4.78 is 16.8. The van der Waals surface area contributed by atoms with Crippen molar-refractivity contribution in [2.24, 2.45) is 0 Å². The first-order valence-corrected chi connectivity index (χ1v) is 9.00. The third kappa shape index (κ3) is 2.72. The normalized spacial score (nSPS) is 15.3. The molecule has 0 unspecified atom stereocenters. The summed E-state index contributed by atoms with van der Waals surface area (Å²) in [6.07, 6.45) is 2.13. The maximum atomic E-state index is 5.74. The third-order valence-corrected chi connectivity index (χ3v) is 5.25. The summed E-state index contributed by atoms with van der Waals surface area (Å²) in [7, 11) is 5.07. The number of para-hydroxylation sites is 1. The molecule has 136 valence electrons. The van der Waals surface area contributed by atoms with E-state index < -0.39 is 0 Å². The van der Waals surface area contributed by atoms with Crippen LogP contribution in [0, 0.1) is 0 Å². The van der Waals surface area contributed by atoms with Crippen molar-refractivity contribution >= 4 is 21.7 Å². The number of aromatic nitrogens is 1. The van der Waals surface area contributed by atoms with Crippen molar-refractivity contribution in [1.82, 2.24) is 10.3 Å². The Labute approximate surface area is 153 Å². The van der Waals surface area contributed by atoms with Gasteiger partial charge in [-0.2, -0.15) is 0 Å². The molecule has 2 aromatic carbocycles. The number of benzene rings is 2. The topological polar surface area (TPSA) is 52.6 Å². The molecule has 0 atom stereocenters. The molecule has 1 N–H and O–H groups in total. The predicted octanol–water partition coefficient (Wildman–Crippen LogP) is 3.88. The Hall–Kier alpha value is -2.53. The van der Waals surface area contributed by atoms with Crippen molar-refractivity contribution in [3.05, 3.63) is 36.0 Å². The number of nitrogens with one attached hydrogen (secondary N) is 1. The van der Waals surface area contributed by atoms with Crippen LogP contribution in [-0.4, -0.2) is 39.4 Å². The van der Waals surface area contributed by atoms with E-state index in [2.05, 4.69) is 17.4 Å². The van der Waals surface area contributed by atoms with Gasteiger partial charge in [-0.15, -0.1) is 0 Å². The number of fused-ring (bicyclic) bond motifs is 3. The lowest BCUT2D eigenvalue weighted by atomic mass is 9.89. The SMILES string of the molecule is COc1cc(OC)c2c(C3CCNCC3)nc3c(OC)cccc3c2c1. The summed E-state index contributed by atoms with van der Waals surface area (Å²) in [5.41, 5.74) is 1.99. The number of hydrogen-bond acceptors (Lipinski definition) is 5. The van der Waals surface area contributed by atoms with Crippen LogP contribution >= 0.6 is 0 Å². The zero-order chi connectivity index (χ0) is 18.1. The zero-order valence-electron chi connectivity index (χ0n) is 15.5. The first kappa shape index (κ1) is 16.9. The molecule has 3 aromatic rings. The number of nitrogens with zero attached hydrogens (tertiary/aromatic N) is 1. The molecule has 0 amide bonds. The maximum absolute atomic E-state index is 5.74. The minimum atomic E-state index is 0.398. The van der Waals surface area contributed by atoms with Gasteiger partial charge in [-0.3, -0.25) is 0 Å². The van der Waals surface area contributed by atoms with Crippen molar-refractivity contribution in [2.75, 3.05) is 34.4 Å². The second kappa shape index (κ2) is 7.00. The Morgan fingerprint density at radius 2 is 1.69 bits per heavy atom. The largest absolute Gasteiger partial charge is 0.497 e. The van der Waals surface area contributed by atoms with Crippen molar-refractivity contribution in [2.45, 2.75) is 18.8 Å². The summed E-state index contributed by atoms with van der Waals surface area (Å²) >= 11 is 0. The smallest absolute Gasteiger partial charge is 0.145 e. The fourth-order valence-corrected chi connectivity index (χ4v) is 3.93. The average Bonchev–Trinajstić information content (AvgIpc) is 2.72. The molecule has 1 aromatic heterocycles. The lowest BCUT2D eigenvalue weighted by molar-refractivity contribution is 0.397. The summed E-state index contributed by atoms with van der Waals surface area (Å²) in [4.78, 5) is 5.09. The molecule has 5 heteroatoms. The minimum absolute atomic E-state index is 0.398. The Morgan fingerprint density at radius 1 is 0.923 bits per heavy atom. The molecular formula is C21H24N2O3. The fourth-order valence-electron chi connectivity index (χ4n) is 3.93. The second-order valence-corrected chi connectivity index (χ2v) is 6.63. The Bertz CT molecular complexity index is 949. The molecule has 2 heterocycles. The van der Waals surface area contributed by atoms with Gasteiger partial charge in [0.2, 0.25) is 0 Å². The van der Waals surface area contributed by atoms with Gasteiger partial charge in [0, 0.05) is 28.1 Å². The van der Waals surface area contributed by atoms with Crippen LogP contribution in [0.5, 0.6) is 17.2 Å². The predicted molar refractivity (Wildman–Crippen MR) is 104 cm³/mol. The first-order valence-electron chi connectivity index (χ1n) is 9.00. The summed E-state index contributed by atoms with van der Waals surface area (Å²) in [5.74, 6) is 2.78. The molecule has 26 heavy (non-hydrogen) atoms. The highest BCUT2D eigenvalue weighted by Gasteiger charge is 2.24. The van der Waals surface area contributed by atoms with E-state index in [4.69, 9.17) is 19.2 Å². The third-order valence-electron chi connectivity index (χ3n) is 5.25. The van der Waals surface area contributed by atoms with E-state index >= 15 is 0 Å². The van der Waals surface area contributed by atoms with Crippen molar-refractivity contribution in [1.29, 1.82) is 0 Å². The van der Waals surface area contributed by atoms with E-state index in [1.54, 1.807) is 21.3 Å². The van der Waals surface area contributed by atoms with Crippen LogP contribution in [0.2, 0.25) is 0 Å². The van der Waals surface area contributed by atoms with Gasteiger partial charge in [0.1, 0.15) is 22.8 Å². The molecule has 0 bridgehead atoms. The Balaban J connectivity index is 2.12. The number of pyridine rings is 1. The minimum Gasteiger partial charge on any atom is -0.497 e. The van der Waals surface area contributed by atoms with Gasteiger partial charge in [0.05, 0.1) is 27.0 Å². The van der Waals surface area contributed by atoms with Crippen molar-refractivity contribution in [3.63, 3.8) is 0 Å². The van der Waals surface area contributed by atoms with Crippen LogP contribution in [0.25, 0.3) is 21.7 Å². The molecule has 0 aliphatic carbocycles. The number of methoxy groups -OCH3 is 3. The lowest BCUT2D eigenvalue weighted by Gasteiger charge is -2.25. The number of ether oxygens (including phenoxy) is 3. The molecule has 0 spiro atoms.